The molecule has 5 rings (SSSR count). The average molecular weight is 553 g/mol. The Balaban J connectivity index is 1.55. The monoisotopic (exact) mass is 552 g/mol. The summed E-state index contributed by atoms with van der Waals surface area (Å²) in [5, 5.41) is 24.4. The molecule has 3 aromatic rings. The van der Waals surface area contributed by atoms with Gasteiger partial charge in [0.05, 0.1) is 24.1 Å². The fraction of sp³-hybridized carbons (Fsp3) is 0.333. The summed E-state index contributed by atoms with van der Waals surface area (Å²) in [7, 11) is 0. The number of amides is 2. The highest BCUT2D eigenvalue weighted by Crippen LogP contribution is 2.47. The average Bonchev–Trinajstić information content (AvgIpc) is 2.90. The molecule has 0 saturated heterocycles. The second kappa shape index (κ2) is 11.4. The second-order valence-corrected chi connectivity index (χ2v) is 10.9. The molecule has 0 aromatic heterocycles. The lowest BCUT2D eigenvalue weighted by atomic mass is 9.76. The summed E-state index contributed by atoms with van der Waals surface area (Å²) in [6.07, 6.45) is 2.91. The van der Waals surface area contributed by atoms with Crippen molar-refractivity contribution < 1.29 is 19.8 Å². The van der Waals surface area contributed by atoms with Crippen LogP contribution in [0.2, 0.25) is 10.0 Å². The molecule has 4 atom stereocenters. The summed E-state index contributed by atoms with van der Waals surface area (Å²) < 4.78 is 0. The van der Waals surface area contributed by atoms with E-state index in [1.54, 1.807) is 47.4 Å². The van der Waals surface area contributed by atoms with Crippen LogP contribution in [0.25, 0.3) is 0 Å². The van der Waals surface area contributed by atoms with Crippen LogP contribution in [0, 0.1) is 0 Å². The first-order valence-electron chi connectivity index (χ1n) is 13.0. The molecule has 3 aromatic carbocycles. The zero-order valence-electron chi connectivity index (χ0n) is 20.8. The van der Waals surface area contributed by atoms with E-state index in [0.717, 1.165) is 18.4 Å². The van der Waals surface area contributed by atoms with Crippen molar-refractivity contribution in [3.05, 3.63) is 99.0 Å². The molecule has 38 heavy (non-hydrogen) atoms. The maximum absolute atomic E-state index is 14.0. The topological polar surface area (TPSA) is 89.9 Å². The van der Waals surface area contributed by atoms with E-state index in [0.29, 0.717) is 52.5 Å². The fourth-order valence-corrected chi connectivity index (χ4v) is 6.31. The summed E-state index contributed by atoms with van der Waals surface area (Å²) in [4.78, 5) is 29.7. The quantitative estimate of drug-likeness (QED) is 0.369. The minimum atomic E-state index is -0.739. The second-order valence-electron chi connectivity index (χ2n) is 10.0. The van der Waals surface area contributed by atoms with Gasteiger partial charge in [-0.2, -0.15) is 0 Å². The molecule has 2 aliphatic rings. The molecule has 0 radical (unpaired) electrons. The maximum Gasteiger partial charge on any atom is 0.255 e. The number of phenols is 1. The number of benzene rings is 3. The first kappa shape index (κ1) is 26.5. The van der Waals surface area contributed by atoms with E-state index in [1.165, 1.54) is 0 Å². The van der Waals surface area contributed by atoms with Gasteiger partial charge < -0.3 is 20.4 Å². The number of halogens is 2. The van der Waals surface area contributed by atoms with Crippen molar-refractivity contribution in [3.8, 4) is 5.75 Å². The Hall–Kier alpha value is -3.06. The van der Waals surface area contributed by atoms with E-state index in [9.17, 15) is 19.8 Å². The zero-order chi connectivity index (χ0) is 26.8. The third-order valence-electron chi connectivity index (χ3n) is 7.64. The molecule has 6 nitrogen and oxygen atoms in total. The third kappa shape index (κ3) is 5.26. The Morgan fingerprint density at radius 3 is 2.45 bits per heavy atom. The first-order chi connectivity index (χ1) is 18.3. The van der Waals surface area contributed by atoms with Crippen LogP contribution in [0.15, 0.2) is 66.7 Å². The van der Waals surface area contributed by atoms with Gasteiger partial charge in [-0.05, 0) is 66.3 Å². The van der Waals surface area contributed by atoms with E-state index < -0.39 is 24.1 Å². The van der Waals surface area contributed by atoms with Gasteiger partial charge in [-0.25, -0.2) is 0 Å². The molecule has 0 unspecified atom stereocenters. The number of aliphatic hydroxyl groups excluding tert-OH is 1. The highest BCUT2D eigenvalue weighted by molar-refractivity contribution is 6.35. The number of phenolic OH excluding ortho intramolecular Hbond substituents is 1. The number of aromatic hydroxyl groups is 1. The molecular formula is C30H30Cl2N2O4. The standard InChI is InChI=1S/C30H30Cl2N2O4/c31-19-11-14-23(24(32)17-19)28-27(29(37)33-16-15-18-9-12-20(35)13-10-18)21-5-1-2-6-22(21)30(38)34(28)25-7-3-4-8-26(25)36/h1-2,5-6,9-14,17,25-28,35-36H,3-4,7-8,15-16H2,(H,33,37)/t25-,26-,27+,28-/m0/s1. The van der Waals surface area contributed by atoms with Crippen molar-refractivity contribution >= 4 is 35.0 Å². The molecule has 1 heterocycles. The number of fused-ring (bicyclic) bond motifs is 1. The maximum atomic E-state index is 14.0. The van der Waals surface area contributed by atoms with Crippen molar-refractivity contribution in [1.82, 2.24) is 10.2 Å². The minimum absolute atomic E-state index is 0.189. The normalized spacial score (nSPS) is 23.1. The molecule has 1 fully saturated rings. The van der Waals surface area contributed by atoms with Gasteiger partial charge in [0, 0.05) is 22.2 Å². The lowest BCUT2D eigenvalue weighted by Gasteiger charge is -2.48. The third-order valence-corrected chi connectivity index (χ3v) is 8.20. The summed E-state index contributed by atoms with van der Waals surface area (Å²) in [5.74, 6) is -0.990. The van der Waals surface area contributed by atoms with Crippen molar-refractivity contribution in [2.45, 2.75) is 56.2 Å². The largest absolute Gasteiger partial charge is 0.508 e. The Bertz CT molecular complexity index is 1330. The van der Waals surface area contributed by atoms with Gasteiger partial charge in [-0.1, -0.05) is 72.4 Å². The van der Waals surface area contributed by atoms with Gasteiger partial charge >= 0.3 is 0 Å². The number of hydrogen-bond acceptors (Lipinski definition) is 4. The molecule has 0 bridgehead atoms. The number of nitrogens with zero attached hydrogens (tertiary/aromatic N) is 1. The van der Waals surface area contributed by atoms with Gasteiger partial charge in [0.25, 0.3) is 5.91 Å². The van der Waals surface area contributed by atoms with E-state index >= 15 is 0 Å². The first-order valence-corrected chi connectivity index (χ1v) is 13.7. The number of rotatable bonds is 6. The van der Waals surface area contributed by atoms with Crippen LogP contribution in [-0.4, -0.2) is 45.6 Å². The number of nitrogens with one attached hydrogen (secondary N) is 1. The predicted octanol–water partition coefficient (Wildman–Crippen LogP) is 5.64. The number of carbonyl (C=O) groups is 2. The van der Waals surface area contributed by atoms with Gasteiger partial charge in [0.2, 0.25) is 5.91 Å². The van der Waals surface area contributed by atoms with Crippen LogP contribution in [-0.2, 0) is 11.2 Å². The Labute approximate surface area is 232 Å². The van der Waals surface area contributed by atoms with Crippen LogP contribution in [0.4, 0.5) is 0 Å². The molecule has 2 amide bonds. The van der Waals surface area contributed by atoms with E-state index in [4.69, 9.17) is 23.2 Å². The molecule has 1 aliphatic heterocycles. The summed E-state index contributed by atoms with van der Waals surface area (Å²) >= 11 is 12.9. The summed E-state index contributed by atoms with van der Waals surface area (Å²) in [5.41, 5.74) is 2.70. The Kier molecular flexibility index (Phi) is 7.93. The van der Waals surface area contributed by atoms with Crippen LogP contribution < -0.4 is 5.32 Å². The zero-order valence-corrected chi connectivity index (χ0v) is 22.3. The Morgan fingerprint density at radius 1 is 0.974 bits per heavy atom. The van der Waals surface area contributed by atoms with E-state index in [1.807, 2.05) is 24.3 Å². The van der Waals surface area contributed by atoms with E-state index in [-0.39, 0.29) is 17.6 Å². The number of carbonyl (C=O) groups excluding carboxylic acids is 2. The summed E-state index contributed by atoms with van der Waals surface area (Å²) in [6, 6.07) is 18.0. The van der Waals surface area contributed by atoms with Gasteiger partial charge in [-0.3, -0.25) is 9.59 Å². The van der Waals surface area contributed by atoms with Crippen molar-refractivity contribution in [2.75, 3.05) is 6.54 Å². The molecule has 198 valence electrons. The molecule has 8 heteroatoms. The highest BCUT2D eigenvalue weighted by Gasteiger charge is 2.48. The minimum Gasteiger partial charge on any atom is -0.508 e. The van der Waals surface area contributed by atoms with Crippen molar-refractivity contribution in [2.24, 2.45) is 0 Å². The SMILES string of the molecule is O=C(NCCc1ccc(O)cc1)[C@@H]1c2ccccc2C(=O)N([C@H]2CCCC[C@@H]2O)[C@H]1c1ccc(Cl)cc1Cl. The van der Waals surface area contributed by atoms with E-state index in [2.05, 4.69) is 5.32 Å². The van der Waals surface area contributed by atoms with Crippen LogP contribution >= 0.6 is 23.2 Å². The van der Waals surface area contributed by atoms with Crippen LogP contribution in [0.5, 0.6) is 5.75 Å². The molecule has 0 spiro atoms. The summed E-state index contributed by atoms with van der Waals surface area (Å²) in [6.45, 7) is 0.378. The lowest BCUT2D eigenvalue weighted by Crippen LogP contribution is -2.55. The van der Waals surface area contributed by atoms with Crippen molar-refractivity contribution in [3.63, 3.8) is 0 Å². The molecule has 3 N–H and O–H groups in total. The smallest absolute Gasteiger partial charge is 0.255 e. The fourth-order valence-electron chi connectivity index (χ4n) is 5.79. The highest BCUT2D eigenvalue weighted by atomic mass is 35.5. The van der Waals surface area contributed by atoms with Gasteiger partial charge in [-0.15, -0.1) is 0 Å². The number of aliphatic hydroxyl groups is 1. The van der Waals surface area contributed by atoms with Gasteiger partial charge in [0.1, 0.15) is 5.75 Å². The number of hydrogen-bond donors (Lipinski definition) is 3. The van der Waals surface area contributed by atoms with Crippen LogP contribution in [0.1, 0.15) is 64.7 Å². The Morgan fingerprint density at radius 2 is 1.71 bits per heavy atom. The molecule has 1 saturated carbocycles. The molecular weight excluding hydrogens is 523 g/mol. The predicted molar refractivity (Wildman–Crippen MR) is 148 cm³/mol. The van der Waals surface area contributed by atoms with Crippen LogP contribution in [0.3, 0.4) is 0 Å². The lowest BCUT2D eigenvalue weighted by molar-refractivity contribution is -0.125. The van der Waals surface area contributed by atoms with Gasteiger partial charge in [0.15, 0.2) is 0 Å². The molecule has 1 aliphatic carbocycles. The van der Waals surface area contributed by atoms with Crippen molar-refractivity contribution in [1.29, 1.82) is 0 Å².